The lowest BCUT2D eigenvalue weighted by Crippen LogP contribution is -2.70. The second-order valence-corrected chi connectivity index (χ2v) is 33.2. The number of hydrogen-bond donors (Lipinski definition) is 0. The second kappa shape index (κ2) is 45.1. The van der Waals surface area contributed by atoms with E-state index in [-0.39, 0.29) is 90.4 Å². The molecule has 4 fully saturated rings. The summed E-state index contributed by atoms with van der Waals surface area (Å²) in [6.07, 6.45) is -20.2. The number of rotatable bonds is 41. The Morgan fingerprint density at radius 3 is 0.832 bits per heavy atom. The molecule has 11 aromatic rings. The SMILES string of the molecule is CCSC1OC(COCc2ccccc2)C(OC2OC(C)C(OCc3ccccc3)C(OCc3ccccc3)C2OCc2ccccc2)C(OC2OC(COCc3ccccc3)C(OCc3ccccc3)C(OCc3ccccc3)C2OC2OC(C)C(OCc3ccccc3)C(OCc3ccccc3)C2OCc2ccccc2)C1N1C(=O)c2ccccc2C1=O. The fourth-order valence-electron chi connectivity index (χ4n) is 16.7. The van der Waals surface area contributed by atoms with Crippen LogP contribution >= 0.6 is 11.8 Å². The van der Waals surface area contributed by atoms with Gasteiger partial charge in [0.05, 0.1) is 103 Å². The maximum Gasteiger partial charge on any atom is 0.262 e. The van der Waals surface area contributed by atoms with Gasteiger partial charge < -0.3 is 80.5 Å². The zero-order valence-electron chi connectivity index (χ0n) is 70.5. The van der Waals surface area contributed by atoms with Gasteiger partial charge in [0.1, 0.15) is 90.8 Å². The fourth-order valence-corrected chi connectivity index (χ4v) is 17.8. The smallest absolute Gasteiger partial charge is 0.262 e. The molecular formula is C104H109NO19S. The van der Waals surface area contributed by atoms with Crippen molar-refractivity contribution in [2.45, 2.75) is 209 Å². The Morgan fingerprint density at radius 2 is 0.512 bits per heavy atom. The number of ether oxygens (including phenoxy) is 17. The van der Waals surface area contributed by atoms with E-state index in [0.29, 0.717) is 5.75 Å². The summed E-state index contributed by atoms with van der Waals surface area (Å²) < 4.78 is 127. The Balaban J connectivity index is 0.880. The van der Waals surface area contributed by atoms with E-state index in [0.717, 1.165) is 55.6 Å². The van der Waals surface area contributed by atoms with Gasteiger partial charge >= 0.3 is 0 Å². The molecule has 0 spiro atoms. The van der Waals surface area contributed by atoms with Crippen molar-refractivity contribution in [1.29, 1.82) is 0 Å². The highest BCUT2D eigenvalue weighted by Gasteiger charge is 2.61. The van der Waals surface area contributed by atoms with Crippen LogP contribution in [0.5, 0.6) is 0 Å². The third kappa shape index (κ3) is 23.4. The van der Waals surface area contributed by atoms with Crippen molar-refractivity contribution < 1.29 is 90.1 Å². The molecule has 0 aromatic heterocycles. The van der Waals surface area contributed by atoms with Crippen LogP contribution in [0.25, 0.3) is 0 Å². The first kappa shape index (κ1) is 88.7. The average molecular weight is 1710 g/mol. The first-order valence-electron chi connectivity index (χ1n) is 43.3. The Hall–Kier alpha value is -9.77. The Kier molecular flexibility index (Phi) is 32.0. The quantitative estimate of drug-likeness (QED) is 0.0328. The first-order valence-corrected chi connectivity index (χ1v) is 44.3. The molecule has 5 heterocycles. The largest absolute Gasteiger partial charge is 0.374 e. The third-order valence-corrected chi connectivity index (χ3v) is 24.1. The van der Waals surface area contributed by atoms with Crippen molar-refractivity contribution in [1.82, 2.24) is 4.90 Å². The number of imide groups is 1. The van der Waals surface area contributed by atoms with E-state index in [1.807, 2.05) is 324 Å². The third-order valence-electron chi connectivity index (χ3n) is 23.1. The van der Waals surface area contributed by atoms with Crippen molar-refractivity contribution in [2.24, 2.45) is 0 Å². The molecule has 21 heteroatoms. The average Bonchev–Trinajstić information content (AvgIpc) is 1.57. The maximum atomic E-state index is 16.1. The topological polar surface area (TPSA) is 194 Å². The number of hydrogen-bond acceptors (Lipinski definition) is 20. The summed E-state index contributed by atoms with van der Waals surface area (Å²) in [6.45, 7) is 6.99. The van der Waals surface area contributed by atoms with Crippen molar-refractivity contribution >= 4 is 23.6 Å². The van der Waals surface area contributed by atoms with E-state index in [2.05, 4.69) is 0 Å². The Labute approximate surface area is 736 Å². The van der Waals surface area contributed by atoms with Gasteiger partial charge in [-0.3, -0.25) is 14.5 Å². The first-order chi connectivity index (χ1) is 61.6. The van der Waals surface area contributed by atoms with Crippen LogP contribution < -0.4 is 0 Å². The predicted molar refractivity (Wildman–Crippen MR) is 472 cm³/mol. The predicted octanol–water partition coefficient (Wildman–Crippen LogP) is 17.6. The normalized spacial score (nSPS) is 26.8. The van der Waals surface area contributed by atoms with Crippen LogP contribution in [-0.4, -0.2) is 158 Å². The highest BCUT2D eigenvalue weighted by molar-refractivity contribution is 7.99. The van der Waals surface area contributed by atoms with Gasteiger partial charge in [-0.25, -0.2) is 0 Å². The monoisotopic (exact) mass is 1710 g/mol. The summed E-state index contributed by atoms with van der Waals surface area (Å²) in [4.78, 5) is 33.5. The number of carbonyl (C=O) groups excluding carboxylic acids is 2. The molecule has 650 valence electrons. The molecule has 20 atom stereocenters. The number of nitrogens with zero attached hydrogens (tertiary/aromatic N) is 1. The highest BCUT2D eigenvalue weighted by atomic mass is 32.2. The van der Waals surface area contributed by atoms with Crippen LogP contribution in [0.4, 0.5) is 0 Å². The highest BCUT2D eigenvalue weighted by Crippen LogP contribution is 2.45. The molecule has 0 aliphatic carbocycles. The van der Waals surface area contributed by atoms with E-state index in [1.165, 1.54) is 16.7 Å². The molecule has 2 amide bonds. The molecule has 4 saturated heterocycles. The number of fused-ring (bicyclic) bond motifs is 1. The second-order valence-electron chi connectivity index (χ2n) is 31.9. The maximum absolute atomic E-state index is 16.1. The van der Waals surface area contributed by atoms with Crippen LogP contribution in [0.2, 0.25) is 0 Å². The van der Waals surface area contributed by atoms with Gasteiger partial charge in [0.2, 0.25) is 0 Å². The number of benzene rings is 11. The molecule has 5 aliphatic heterocycles. The molecular weight excluding hydrogens is 1600 g/mol. The zero-order valence-corrected chi connectivity index (χ0v) is 71.3. The van der Waals surface area contributed by atoms with E-state index < -0.39 is 134 Å². The van der Waals surface area contributed by atoms with Crippen LogP contribution in [0.3, 0.4) is 0 Å². The summed E-state index contributed by atoms with van der Waals surface area (Å²) in [7, 11) is 0. The van der Waals surface area contributed by atoms with Crippen LogP contribution in [0.1, 0.15) is 97.1 Å². The van der Waals surface area contributed by atoms with Crippen molar-refractivity contribution in [3.63, 3.8) is 0 Å². The Morgan fingerprint density at radius 1 is 0.264 bits per heavy atom. The summed E-state index contributed by atoms with van der Waals surface area (Å²) >= 11 is 1.40. The van der Waals surface area contributed by atoms with Gasteiger partial charge in [0.15, 0.2) is 18.9 Å². The van der Waals surface area contributed by atoms with Crippen LogP contribution in [0, 0.1) is 0 Å². The van der Waals surface area contributed by atoms with E-state index >= 15 is 9.59 Å². The lowest BCUT2D eigenvalue weighted by atomic mass is 9.93. The molecule has 125 heavy (non-hydrogen) atoms. The lowest BCUT2D eigenvalue weighted by Gasteiger charge is -2.53. The molecule has 20 unspecified atom stereocenters. The molecule has 0 saturated carbocycles. The number of carbonyl (C=O) groups is 2. The molecule has 20 nitrogen and oxygen atoms in total. The van der Waals surface area contributed by atoms with Crippen molar-refractivity contribution in [3.8, 4) is 0 Å². The summed E-state index contributed by atoms with van der Waals surface area (Å²) in [5.74, 6) is -0.720. The van der Waals surface area contributed by atoms with E-state index in [4.69, 9.17) is 80.5 Å². The van der Waals surface area contributed by atoms with Gasteiger partial charge in [0, 0.05) is 0 Å². The Bertz CT molecular complexity index is 4980. The molecule has 11 aromatic carbocycles. The zero-order chi connectivity index (χ0) is 85.3. The molecule has 0 bridgehead atoms. The fraction of sp³-hybridized carbons (Fsp3) is 0.346. The molecule has 5 aliphatic rings. The van der Waals surface area contributed by atoms with Gasteiger partial charge in [-0.15, -0.1) is 11.8 Å². The summed E-state index contributed by atoms with van der Waals surface area (Å²) in [6, 6.07) is 105. The van der Waals surface area contributed by atoms with Crippen LogP contribution in [-0.2, 0) is 147 Å². The lowest BCUT2D eigenvalue weighted by molar-refractivity contribution is -0.397. The summed E-state index contributed by atoms with van der Waals surface area (Å²) in [5.41, 5.74) is 8.25. The van der Waals surface area contributed by atoms with Gasteiger partial charge in [-0.1, -0.05) is 322 Å². The summed E-state index contributed by atoms with van der Waals surface area (Å²) in [5, 5.41) is 0. The molecule has 0 N–H and O–H groups in total. The minimum absolute atomic E-state index is 0.0246. The van der Waals surface area contributed by atoms with Gasteiger partial charge in [-0.05, 0) is 87.4 Å². The number of thioether (sulfide) groups is 1. The van der Waals surface area contributed by atoms with Crippen LogP contribution in [0.15, 0.2) is 328 Å². The minimum atomic E-state index is -1.64. The van der Waals surface area contributed by atoms with E-state index in [9.17, 15) is 0 Å². The van der Waals surface area contributed by atoms with Crippen molar-refractivity contribution in [3.05, 3.63) is 394 Å². The van der Waals surface area contributed by atoms with Gasteiger partial charge in [0.25, 0.3) is 11.8 Å². The van der Waals surface area contributed by atoms with Gasteiger partial charge in [-0.2, -0.15) is 0 Å². The molecule has 16 rings (SSSR count). The van der Waals surface area contributed by atoms with Crippen molar-refractivity contribution in [2.75, 3.05) is 19.0 Å². The minimum Gasteiger partial charge on any atom is -0.374 e. The molecule has 0 radical (unpaired) electrons. The standard InChI is InChI=1S/C104H109NO19S/c1-4-125-104-87(105-99(106)83-57-35-36-58-84(83)100(105)107)92(91(86(121-104)70-109-60-74-39-17-6-18-40-74)122-101-96(116-67-81-53-31-13-32-54-81)93(113-64-78-47-25-10-26-48-78)88(71(2)118-101)110-61-75-41-19-7-20-42-75)123-103-98(95(115-66-80-51-29-12-30-52-80)90(112-63-77-45-23-9-24-46-77)85(120-103)69-108-59-73-37-15-5-16-38-73)124-102-97(117-68-82-55-33-14-34-56-82)94(114-65-79-49-27-11-28-50-79)89(72(3)119-102)111-62-76-43-21-8-22-44-76/h5-58,71-72,85-98,101-104H,4,59-70H2,1-3H3. The number of amides is 2. The van der Waals surface area contributed by atoms with E-state index in [1.54, 1.807) is 24.3 Å².